The van der Waals surface area contributed by atoms with Gasteiger partial charge in [0.15, 0.2) is 0 Å². The predicted molar refractivity (Wildman–Crippen MR) is 69.4 cm³/mol. The fourth-order valence-electron chi connectivity index (χ4n) is 2.02. The second-order valence-corrected chi connectivity index (χ2v) is 6.01. The first-order valence-corrected chi connectivity index (χ1v) is 6.36. The Morgan fingerprint density at radius 1 is 1.61 bits per heavy atom. The average Bonchev–Trinajstić information content (AvgIpc) is 2.82. The number of nitrogens with one attached hydrogen (secondary N) is 1. The van der Waals surface area contributed by atoms with E-state index in [0.29, 0.717) is 19.1 Å². The van der Waals surface area contributed by atoms with Crippen LogP contribution in [0.1, 0.15) is 39.7 Å². The third-order valence-corrected chi connectivity index (χ3v) is 2.86. The molecule has 2 rings (SSSR count). The molecule has 100 valence electrons. The summed E-state index contributed by atoms with van der Waals surface area (Å²) < 4.78 is 7.19. The molecule has 1 fully saturated rings. The molecule has 1 N–H and O–H groups in total. The maximum atomic E-state index is 11.8. The molecule has 0 aromatic carbocycles. The van der Waals surface area contributed by atoms with Gasteiger partial charge in [-0.2, -0.15) is 5.10 Å². The maximum absolute atomic E-state index is 11.8. The minimum atomic E-state index is -0.000625. The van der Waals surface area contributed by atoms with E-state index in [1.807, 2.05) is 31.6 Å². The van der Waals surface area contributed by atoms with Crippen LogP contribution in [-0.4, -0.2) is 28.9 Å². The lowest BCUT2D eigenvalue weighted by molar-refractivity contribution is -0.117. The van der Waals surface area contributed by atoms with Crippen LogP contribution in [0, 0.1) is 5.41 Å². The SMILES string of the molecule is CC(C)(C)CC(=O)Nc1cnn(C2CCOC2)c1. The molecule has 2 heterocycles. The molecule has 1 aromatic heterocycles. The number of ether oxygens (including phenoxy) is 1. The lowest BCUT2D eigenvalue weighted by Crippen LogP contribution is -2.19. The van der Waals surface area contributed by atoms with Crippen LogP contribution in [0.15, 0.2) is 12.4 Å². The van der Waals surface area contributed by atoms with Crippen LogP contribution >= 0.6 is 0 Å². The molecule has 0 spiro atoms. The molecule has 5 nitrogen and oxygen atoms in total. The highest BCUT2D eigenvalue weighted by Crippen LogP contribution is 2.21. The zero-order valence-corrected chi connectivity index (χ0v) is 11.3. The van der Waals surface area contributed by atoms with Gasteiger partial charge in [0.1, 0.15) is 0 Å². The number of amides is 1. The minimum absolute atomic E-state index is 0.000625. The molecule has 0 aliphatic carbocycles. The molecule has 5 heteroatoms. The van der Waals surface area contributed by atoms with Gasteiger partial charge in [-0.05, 0) is 11.8 Å². The number of carbonyl (C=O) groups is 1. The highest BCUT2D eigenvalue weighted by atomic mass is 16.5. The number of nitrogens with zero attached hydrogens (tertiary/aromatic N) is 2. The van der Waals surface area contributed by atoms with E-state index in [4.69, 9.17) is 4.74 Å². The number of hydrogen-bond donors (Lipinski definition) is 1. The van der Waals surface area contributed by atoms with Crippen molar-refractivity contribution in [3.05, 3.63) is 12.4 Å². The first-order valence-electron chi connectivity index (χ1n) is 6.36. The zero-order valence-electron chi connectivity index (χ0n) is 11.3. The van der Waals surface area contributed by atoms with Crippen molar-refractivity contribution in [2.24, 2.45) is 5.41 Å². The van der Waals surface area contributed by atoms with Crippen LogP contribution < -0.4 is 5.32 Å². The summed E-state index contributed by atoms with van der Waals surface area (Å²) in [6.07, 6.45) is 5.06. The van der Waals surface area contributed by atoms with Gasteiger partial charge in [0, 0.05) is 19.2 Å². The van der Waals surface area contributed by atoms with Crippen LogP contribution in [0.25, 0.3) is 0 Å². The fourth-order valence-corrected chi connectivity index (χ4v) is 2.02. The van der Waals surface area contributed by atoms with E-state index < -0.39 is 0 Å². The van der Waals surface area contributed by atoms with E-state index in [1.54, 1.807) is 6.20 Å². The Kier molecular flexibility index (Phi) is 3.71. The first kappa shape index (κ1) is 13.1. The summed E-state index contributed by atoms with van der Waals surface area (Å²) in [5.41, 5.74) is 0.760. The van der Waals surface area contributed by atoms with Crippen molar-refractivity contribution in [3.63, 3.8) is 0 Å². The van der Waals surface area contributed by atoms with Gasteiger partial charge in [0.25, 0.3) is 0 Å². The van der Waals surface area contributed by atoms with E-state index in [2.05, 4.69) is 10.4 Å². The highest BCUT2D eigenvalue weighted by molar-refractivity contribution is 5.90. The number of anilines is 1. The molecule has 1 aliphatic rings. The first-order chi connectivity index (χ1) is 8.44. The van der Waals surface area contributed by atoms with Crippen LogP contribution in [0.5, 0.6) is 0 Å². The third-order valence-electron chi connectivity index (χ3n) is 2.86. The summed E-state index contributed by atoms with van der Waals surface area (Å²) in [6.45, 7) is 7.64. The van der Waals surface area contributed by atoms with Crippen molar-refractivity contribution in [2.45, 2.75) is 39.7 Å². The van der Waals surface area contributed by atoms with Crippen molar-refractivity contribution in [1.29, 1.82) is 0 Å². The number of hydrogen-bond acceptors (Lipinski definition) is 3. The normalized spacial score (nSPS) is 20.1. The molecule has 18 heavy (non-hydrogen) atoms. The average molecular weight is 251 g/mol. The summed E-state index contributed by atoms with van der Waals surface area (Å²) in [6, 6.07) is 0.304. The molecular weight excluding hydrogens is 230 g/mol. The summed E-state index contributed by atoms with van der Waals surface area (Å²) in [5, 5.41) is 7.15. The number of aromatic nitrogens is 2. The van der Waals surface area contributed by atoms with Gasteiger partial charge in [0.2, 0.25) is 5.91 Å². The largest absolute Gasteiger partial charge is 0.379 e. The van der Waals surface area contributed by atoms with Gasteiger partial charge in [-0.25, -0.2) is 0 Å². The van der Waals surface area contributed by atoms with Crippen molar-refractivity contribution in [2.75, 3.05) is 18.5 Å². The Bertz CT molecular complexity index is 414. The van der Waals surface area contributed by atoms with Crippen LogP contribution in [0.4, 0.5) is 5.69 Å². The van der Waals surface area contributed by atoms with Crippen molar-refractivity contribution in [1.82, 2.24) is 9.78 Å². The van der Waals surface area contributed by atoms with Crippen molar-refractivity contribution < 1.29 is 9.53 Å². The second kappa shape index (κ2) is 5.10. The number of rotatable bonds is 3. The molecule has 0 radical (unpaired) electrons. The minimum Gasteiger partial charge on any atom is -0.379 e. The summed E-state index contributed by atoms with van der Waals surface area (Å²) in [5.74, 6) is 0.0321. The molecule has 1 unspecified atom stereocenters. The van der Waals surface area contributed by atoms with Crippen LogP contribution in [0.3, 0.4) is 0 Å². The number of carbonyl (C=O) groups excluding carboxylic acids is 1. The molecule has 1 amide bonds. The van der Waals surface area contributed by atoms with Crippen molar-refractivity contribution >= 4 is 11.6 Å². The molecule has 1 aromatic rings. The molecule has 1 aliphatic heterocycles. The quantitative estimate of drug-likeness (QED) is 0.896. The van der Waals surface area contributed by atoms with Crippen molar-refractivity contribution in [3.8, 4) is 0 Å². The van der Waals surface area contributed by atoms with Gasteiger partial charge < -0.3 is 10.1 Å². The molecular formula is C13H21N3O2. The van der Waals surface area contributed by atoms with E-state index in [1.165, 1.54) is 0 Å². The lowest BCUT2D eigenvalue weighted by atomic mass is 9.92. The fraction of sp³-hybridized carbons (Fsp3) is 0.692. The summed E-state index contributed by atoms with van der Waals surface area (Å²) >= 11 is 0. The Labute approximate surface area is 108 Å². The van der Waals surface area contributed by atoms with Crippen LogP contribution in [0.2, 0.25) is 0 Å². The molecule has 0 bridgehead atoms. The predicted octanol–water partition coefficient (Wildman–Crippen LogP) is 2.22. The molecule has 0 saturated carbocycles. The Morgan fingerprint density at radius 2 is 2.39 bits per heavy atom. The Balaban J connectivity index is 1.92. The second-order valence-electron chi connectivity index (χ2n) is 6.01. The van der Waals surface area contributed by atoms with E-state index in [0.717, 1.165) is 18.7 Å². The monoisotopic (exact) mass is 251 g/mol. The Hall–Kier alpha value is -1.36. The molecule has 1 atom stereocenters. The summed E-state index contributed by atoms with van der Waals surface area (Å²) in [4.78, 5) is 11.8. The van der Waals surface area contributed by atoms with E-state index in [9.17, 15) is 4.79 Å². The highest BCUT2D eigenvalue weighted by Gasteiger charge is 2.19. The smallest absolute Gasteiger partial charge is 0.224 e. The van der Waals surface area contributed by atoms with Gasteiger partial charge in [-0.15, -0.1) is 0 Å². The summed E-state index contributed by atoms with van der Waals surface area (Å²) in [7, 11) is 0. The van der Waals surface area contributed by atoms with E-state index in [-0.39, 0.29) is 11.3 Å². The lowest BCUT2D eigenvalue weighted by Gasteiger charge is -2.16. The topological polar surface area (TPSA) is 56.2 Å². The van der Waals surface area contributed by atoms with Gasteiger partial charge in [-0.3, -0.25) is 9.48 Å². The van der Waals surface area contributed by atoms with Gasteiger partial charge >= 0.3 is 0 Å². The molecule has 1 saturated heterocycles. The van der Waals surface area contributed by atoms with E-state index >= 15 is 0 Å². The maximum Gasteiger partial charge on any atom is 0.224 e. The van der Waals surface area contributed by atoms with Gasteiger partial charge in [-0.1, -0.05) is 20.8 Å². The Morgan fingerprint density at radius 3 is 3.00 bits per heavy atom. The zero-order chi connectivity index (χ0) is 13.2. The van der Waals surface area contributed by atoms with Crippen LogP contribution in [-0.2, 0) is 9.53 Å². The van der Waals surface area contributed by atoms with Gasteiger partial charge in [0.05, 0.1) is 24.5 Å². The third kappa shape index (κ3) is 3.57. The standard InChI is InChI=1S/C13H21N3O2/c1-13(2,3)6-12(17)15-10-7-14-16(8-10)11-4-5-18-9-11/h7-8,11H,4-6,9H2,1-3H3,(H,15,17).